The second kappa shape index (κ2) is 8.05. The molecule has 1 atom stereocenters. The van der Waals surface area contributed by atoms with Gasteiger partial charge >= 0.3 is 6.61 Å². The Hall–Kier alpha value is -1.73. The number of carbonyl (C=O) groups excluding carboxylic acids is 1. The average Bonchev–Trinajstić information content (AvgIpc) is 2.53. The van der Waals surface area contributed by atoms with Crippen molar-refractivity contribution in [3.8, 4) is 5.75 Å². The number of amides is 1. The Bertz CT molecular complexity index is 476. The number of ether oxygens (including phenoxy) is 2. The van der Waals surface area contributed by atoms with E-state index in [9.17, 15) is 13.6 Å². The number of alkyl halides is 2. The van der Waals surface area contributed by atoms with Gasteiger partial charge in [-0.05, 0) is 24.6 Å². The highest BCUT2D eigenvalue weighted by molar-refractivity contribution is 5.78. The molecular formula is C15H20F2N2O3. The lowest BCUT2D eigenvalue weighted by Crippen LogP contribution is -2.45. The Morgan fingerprint density at radius 3 is 2.55 bits per heavy atom. The molecule has 5 nitrogen and oxygen atoms in total. The van der Waals surface area contributed by atoms with Gasteiger partial charge in [-0.1, -0.05) is 12.1 Å². The zero-order valence-corrected chi connectivity index (χ0v) is 12.4. The van der Waals surface area contributed by atoms with Crippen LogP contribution in [0.3, 0.4) is 0 Å². The average molecular weight is 314 g/mol. The normalized spacial score (nSPS) is 16.6. The maximum atomic E-state index is 12.1. The Morgan fingerprint density at radius 2 is 1.95 bits per heavy atom. The van der Waals surface area contributed by atoms with Gasteiger partial charge in [-0.15, -0.1) is 0 Å². The van der Waals surface area contributed by atoms with Gasteiger partial charge < -0.3 is 19.7 Å². The van der Waals surface area contributed by atoms with Crippen molar-refractivity contribution in [2.45, 2.75) is 19.6 Å². The number of carbonyl (C=O) groups is 1. The summed E-state index contributed by atoms with van der Waals surface area (Å²) in [7, 11) is 0. The summed E-state index contributed by atoms with van der Waals surface area (Å²) in [6, 6.07) is 6.32. The number of hydrogen-bond acceptors (Lipinski definition) is 4. The van der Waals surface area contributed by atoms with Gasteiger partial charge in [-0.25, -0.2) is 0 Å². The van der Waals surface area contributed by atoms with E-state index in [4.69, 9.17) is 4.74 Å². The third-order valence-corrected chi connectivity index (χ3v) is 3.53. The molecule has 0 aliphatic carbocycles. The minimum Gasteiger partial charge on any atom is -0.435 e. The van der Waals surface area contributed by atoms with E-state index in [1.165, 1.54) is 12.1 Å². The molecule has 122 valence electrons. The zero-order chi connectivity index (χ0) is 15.9. The molecule has 1 saturated heterocycles. The molecule has 1 N–H and O–H groups in total. The van der Waals surface area contributed by atoms with Crippen LogP contribution < -0.4 is 10.1 Å². The molecule has 1 aromatic carbocycles. The lowest BCUT2D eigenvalue weighted by Gasteiger charge is -2.27. The molecule has 1 aliphatic rings. The van der Waals surface area contributed by atoms with E-state index in [1.807, 2.05) is 6.92 Å². The third kappa shape index (κ3) is 4.92. The van der Waals surface area contributed by atoms with Crippen LogP contribution in [0.1, 0.15) is 18.5 Å². The number of benzene rings is 1. The molecule has 0 bridgehead atoms. The van der Waals surface area contributed by atoms with Crippen LogP contribution in [-0.2, 0) is 9.53 Å². The molecule has 1 aromatic rings. The first-order valence-corrected chi connectivity index (χ1v) is 7.20. The summed E-state index contributed by atoms with van der Waals surface area (Å²) in [6.45, 7) is 1.71. The maximum Gasteiger partial charge on any atom is 0.387 e. The molecule has 1 aliphatic heterocycles. The van der Waals surface area contributed by atoms with Crippen LogP contribution in [0.5, 0.6) is 5.75 Å². The van der Waals surface area contributed by atoms with Crippen LogP contribution in [0.25, 0.3) is 0 Å². The van der Waals surface area contributed by atoms with Gasteiger partial charge in [0, 0.05) is 19.1 Å². The maximum absolute atomic E-state index is 12.1. The molecular weight excluding hydrogens is 294 g/mol. The first kappa shape index (κ1) is 16.6. The second-order valence-electron chi connectivity index (χ2n) is 5.04. The Balaban J connectivity index is 1.81. The molecule has 22 heavy (non-hydrogen) atoms. The minimum atomic E-state index is -2.83. The fourth-order valence-corrected chi connectivity index (χ4v) is 2.22. The largest absolute Gasteiger partial charge is 0.435 e. The molecule has 0 saturated carbocycles. The van der Waals surface area contributed by atoms with Gasteiger partial charge in [0.2, 0.25) is 5.91 Å². The first-order valence-electron chi connectivity index (χ1n) is 7.20. The van der Waals surface area contributed by atoms with Crippen LogP contribution in [0.15, 0.2) is 24.3 Å². The van der Waals surface area contributed by atoms with E-state index in [2.05, 4.69) is 10.1 Å². The highest BCUT2D eigenvalue weighted by Gasteiger charge is 2.17. The summed E-state index contributed by atoms with van der Waals surface area (Å²) in [5.74, 6) is 0.156. The fourth-order valence-electron chi connectivity index (χ4n) is 2.22. The van der Waals surface area contributed by atoms with Gasteiger partial charge in [0.15, 0.2) is 0 Å². The van der Waals surface area contributed by atoms with Gasteiger partial charge in [0.25, 0.3) is 0 Å². The summed E-state index contributed by atoms with van der Waals surface area (Å²) in [5, 5.41) is 3.14. The monoisotopic (exact) mass is 314 g/mol. The molecule has 0 aromatic heterocycles. The summed E-state index contributed by atoms with van der Waals surface area (Å²) in [4.78, 5) is 13.8. The van der Waals surface area contributed by atoms with Crippen LogP contribution >= 0.6 is 0 Å². The molecule has 0 radical (unpaired) electrons. The molecule has 1 unspecified atom stereocenters. The van der Waals surface area contributed by atoms with Crippen molar-refractivity contribution in [3.63, 3.8) is 0 Å². The Labute approximate surface area is 128 Å². The van der Waals surface area contributed by atoms with E-state index in [-0.39, 0.29) is 24.2 Å². The number of nitrogens with zero attached hydrogens (tertiary/aromatic N) is 1. The number of rotatable bonds is 6. The highest BCUT2D eigenvalue weighted by Crippen LogP contribution is 2.19. The third-order valence-electron chi connectivity index (χ3n) is 3.53. The number of nitrogens with one attached hydrogen (secondary N) is 1. The smallest absolute Gasteiger partial charge is 0.387 e. The van der Waals surface area contributed by atoms with Crippen molar-refractivity contribution in [2.24, 2.45) is 0 Å². The summed E-state index contributed by atoms with van der Waals surface area (Å²) in [6.07, 6.45) is 0. The first-order chi connectivity index (χ1) is 10.6. The number of halogens is 2. The SMILES string of the molecule is CC(NCC(=O)N1CCOCC1)c1ccc(OC(F)F)cc1. The molecule has 7 heteroatoms. The fraction of sp³-hybridized carbons (Fsp3) is 0.533. The predicted molar refractivity (Wildman–Crippen MR) is 76.9 cm³/mol. The van der Waals surface area contributed by atoms with Gasteiger partial charge in [0.1, 0.15) is 5.75 Å². The standard InChI is InChI=1S/C15H20F2N2O3/c1-11(12-2-4-13(5-3-12)22-15(16)17)18-10-14(20)19-6-8-21-9-7-19/h2-5,11,15,18H,6-10H2,1H3. The van der Waals surface area contributed by atoms with E-state index in [0.29, 0.717) is 26.3 Å². The molecule has 0 spiro atoms. The Kier molecular flexibility index (Phi) is 6.09. The van der Waals surface area contributed by atoms with Crippen molar-refractivity contribution < 1.29 is 23.0 Å². The Morgan fingerprint density at radius 1 is 1.32 bits per heavy atom. The molecule has 1 amide bonds. The zero-order valence-electron chi connectivity index (χ0n) is 12.4. The predicted octanol–water partition coefficient (Wildman–Crippen LogP) is 1.80. The van der Waals surface area contributed by atoms with Crippen molar-refractivity contribution in [2.75, 3.05) is 32.8 Å². The highest BCUT2D eigenvalue weighted by atomic mass is 19.3. The van der Waals surface area contributed by atoms with E-state index in [1.54, 1.807) is 17.0 Å². The minimum absolute atomic E-state index is 0.0350. The second-order valence-corrected chi connectivity index (χ2v) is 5.04. The van der Waals surface area contributed by atoms with Crippen LogP contribution in [-0.4, -0.2) is 50.3 Å². The molecule has 2 rings (SSSR count). The topological polar surface area (TPSA) is 50.8 Å². The summed E-state index contributed by atoms with van der Waals surface area (Å²) >= 11 is 0. The van der Waals surface area contributed by atoms with Crippen LogP contribution in [0, 0.1) is 0 Å². The molecule has 1 heterocycles. The lowest BCUT2D eigenvalue weighted by molar-refractivity contribution is -0.134. The van der Waals surface area contributed by atoms with Crippen LogP contribution in [0.4, 0.5) is 8.78 Å². The van der Waals surface area contributed by atoms with Crippen molar-refractivity contribution >= 4 is 5.91 Å². The molecule has 1 fully saturated rings. The van der Waals surface area contributed by atoms with E-state index >= 15 is 0 Å². The van der Waals surface area contributed by atoms with Crippen molar-refractivity contribution in [1.82, 2.24) is 10.2 Å². The van der Waals surface area contributed by atoms with E-state index in [0.717, 1.165) is 5.56 Å². The number of morpholine rings is 1. The van der Waals surface area contributed by atoms with Crippen molar-refractivity contribution in [3.05, 3.63) is 29.8 Å². The van der Waals surface area contributed by atoms with Gasteiger partial charge in [-0.3, -0.25) is 4.79 Å². The van der Waals surface area contributed by atoms with Crippen LogP contribution in [0.2, 0.25) is 0 Å². The number of hydrogen-bond donors (Lipinski definition) is 1. The summed E-state index contributed by atoms with van der Waals surface area (Å²) in [5.41, 5.74) is 0.899. The van der Waals surface area contributed by atoms with E-state index < -0.39 is 6.61 Å². The van der Waals surface area contributed by atoms with Gasteiger partial charge in [0.05, 0.1) is 19.8 Å². The van der Waals surface area contributed by atoms with Gasteiger partial charge in [-0.2, -0.15) is 8.78 Å². The van der Waals surface area contributed by atoms with Crippen molar-refractivity contribution in [1.29, 1.82) is 0 Å². The summed E-state index contributed by atoms with van der Waals surface area (Å²) < 4.78 is 33.7. The quantitative estimate of drug-likeness (QED) is 0.870. The lowest BCUT2D eigenvalue weighted by atomic mass is 10.1.